The van der Waals surface area contributed by atoms with Gasteiger partial charge in [-0.15, -0.1) is 0 Å². The summed E-state index contributed by atoms with van der Waals surface area (Å²) in [6, 6.07) is 8.86. The summed E-state index contributed by atoms with van der Waals surface area (Å²) in [4.78, 5) is 46.3. The predicted molar refractivity (Wildman–Crippen MR) is 114 cm³/mol. The second-order valence-electron chi connectivity index (χ2n) is 6.59. The van der Waals surface area contributed by atoms with Gasteiger partial charge in [-0.3, -0.25) is 24.5 Å². The monoisotopic (exact) mass is 448 g/mol. The topological polar surface area (TPSA) is 125 Å². The molecule has 0 saturated heterocycles. The molecule has 0 bridgehead atoms. The maximum absolute atomic E-state index is 12.1. The smallest absolute Gasteiger partial charge is 0.311 e. The van der Waals surface area contributed by atoms with E-state index in [1.165, 1.54) is 19.2 Å². The number of benzene rings is 2. The van der Waals surface area contributed by atoms with Gasteiger partial charge in [-0.25, -0.2) is 0 Å². The van der Waals surface area contributed by atoms with Gasteiger partial charge in [0.2, 0.25) is 11.7 Å². The number of anilines is 1. The third-order valence-electron chi connectivity index (χ3n) is 4.30. The number of hydrogen-bond acceptors (Lipinski definition) is 7. The van der Waals surface area contributed by atoms with Gasteiger partial charge < -0.3 is 14.8 Å². The van der Waals surface area contributed by atoms with Gasteiger partial charge in [0.15, 0.2) is 12.4 Å². The summed E-state index contributed by atoms with van der Waals surface area (Å²) >= 11 is 6.01. The van der Waals surface area contributed by atoms with Crippen molar-refractivity contribution >= 4 is 40.6 Å². The minimum Gasteiger partial charge on any atom is -0.490 e. The van der Waals surface area contributed by atoms with Crippen molar-refractivity contribution in [1.82, 2.24) is 0 Å². The molecule has 0 fully saturated rings. The lowest BCUT2D eigenvalue weighted by atomic mass is 10.1. The highest BCUT2D eigenvalue weighted by atomic mass is 35.5. The highest BCUT2D eigenvalue weighted by Gasteiger charge is 2.19. The molecule has 0 aliphatic heterocycles. The number of hydrogen-bond donors (Lipinski definition) is 1. The van der Waals surface area contributed by atoms with E-state index in [1.54, 1.807) is 18.2 Å². The molecule has 0 saturated carbocycles. The Kier molecular flexibility index (Phi) is 8.51. The maximum atomic E-state index is 12.1. The van der Waals surface area contributed by atoms with Crippen LogP contribution in [-0.2, 0) is 14.3 Å². The molecule has 2 aromatic carbocycles. The van der Waals surface area contributed by atoms with Crippen LogP contribution in [-0.4, -0.2) is 36.3 Å². The number of esters is 1. The molecule has 0 aromatic heterocycles. The minimum atomic E-state index is -0.669. The van der Waals surface area contributed by atoms with E-state index in [0.717, 1.165) is 11.6 Å². The normalized spacial score (nSPS) is 10.3. The number of amides is 1. The summed E-state index contributed by atoms with van der Waals surface area (Å²) < 4.78 is 9.78. The summed E-state index contributed by atoms with van der Waals surface area (Å²) in [5.41, 5.74) is 1.11. The summed E-state index contributed by atoms with van der Waals surface area (Å²) in [7, 11) is 1.28. The average Bonchev–Trinajstić information content (AvgIpc) is 2.74. The SMILES string of the molecule is COc1ccc(C(=O)COC(=O)CCCC(=O)Nc2ccc(C)c(Cl)c2)cc1[N+](=O)[O-]. The molecule has 0 aliphatic rings. The Morgan fingerprint density at radius 1 is 1.13 bits per heavy atom. The van der Waals surface area contributed by atoms with Crippen LogP contribution in [0.4, 0.5) is 11.4 Å². The first kappa shape index (κ1) is 23.8. The second-order valence-corrected chi connectivity index (χ2v) is 7.00. The van der Waals surface area contributed by atoms with Crippen molar-refractivity contribution in [3.05, 3.63) is 62.7 Å². The van der Waals surface area contributed by atoms with Gasteiger partial charge in [-0.1, -0.05) is 17.7 Å². The lowest BCUT2D eigenvalue weighted by molar-refractivity contribution is -0.385. The molecule has 2 rings (SSSR count). The van der Waals surface area contributed by atoms with Crippen molar-refractivity contribution in [3.8, 4) is 5.75 Å². The number of rotatable bonds is 10. The first-order chi connectivity index (χ1) is 14.7. The predicted octanol–water partition coefficient (Wildman–Crippen LogP) is 4.10. The molecule has 0 aliphatic carbocycles. The van der Waals surface area contributed by atoms with Gasteiger partial charge in [0.1, 0.15) is 0 Å². The molecular weight excluding hydrogens is 428 g/mol. The van der Waals surface area contributed by atoms with Crippen LogP contribution in [0, 0.1) is 17.0 Å². The molecule has 2 aromatic rings. The van der Waals surface area contributed by atoms with Crippen LogP contribution in [0.3, 0.4) is 0 Å². The highest BCUT2D eigenvalue weighted by molar-refractivity contribution is 6.31. The lowest BCUT2D eigenvalue weighted by Gasteiger charge is -2.07. The standard InChI is InChI=1S/C21H21ClN2O7/c1-13-6-8-15(11-16(13)22)23-20(26)4-3-5-21(27)31-12-18(25)14-7-9-19(30-2)17(10-14)24(28)29/h6-11H,3-5,12H2,1-2H3,(H,23,26). The van der Waals surface area contributed by atoms with E-state index < -0.39 is 23.3 Å². The zero-order valence-electron chi connectivity index (χ0n) is 17.0. The van der Waals surface area contributed by atoms with Crippen LogP contribution in [0.15, 0.2) is 36.4 Å². The van der Waals surface area contributed by atoms with Crippen LogP contribution in [0.2, 0.25) is 5.02 Å². The van der Waals surface area contributed by atoms with Crippen LogP contribution in [0.1, 0.15) is 35.2 Å². The largest absolute Gasteiger partial charge is 0.490 e. The van der Waals surface area contributed by atoms with Crippen LogP contribution < -0.4 is 10.1 Å². The molecule has 10 heteroatoms. The molecule has 9 nitrogen and oxygen atoms in total. The summed E-state index contributed by atoms with van der Waals surface area (Å²) in [5.74, 6) is -1.50. The number of methoxy groups -OCH3 is 1. The molecule has 1 amide bonds. The molecule has 31 heavy (non-hydrogen) atoms. The molecule has 0 unspecified atom stereocenters. The quantitative estimate of drug-likeness (QED) is 0.251. The number of nitrogens with one attached hydrogen (secondary N) is 1. The Hall–Kier alpha value is -3.46. The van der Waals surface area contributed by atoms with Crippen molar-refractivity contribution in [3.63, 3.8) is 0 Å². The number of nitro benzene ring substituents is 1. The number of carbonyl (C=O) groups excluding carboxylic acids is 3. The van der Waals surface area contributed by atoms with Gasteiger partial charge in [0.25, 0.3) is 0 Å². The van der Waals surface area contributed by atoms with Crippen LogP contribution in [0.25, 0.3) is 0 Å². The van der Waals surface area contributed by atoms with Crippen molar-refractivity contribution < 1.29 is 28.8 Å². The van der Waals surface area contributed by atoms with E-state index in [2.05, 4.69) is 5.32 Å². The summed E-state index contributed by atoms with van der Waals surface area (Å²) in [5, 5.41) is 14.3. The van der Waals surface area contributed by atoms with E-state index in [4.69, 9.17) is 21.1 Å². The number of halogens is 1. The highest BCUT2D eigenvalue weighted by Crippen LogP contribution is 2.27. The summed E-state index contributed by atoms with van der Waals surface area (Å²) in [6.45, 7) is 1.29. The van der Waals surface area contributed by atoms with Gasteiger partial charge in [0.05, 0.1) is 12.0 Å². The molecule has 164 valence electrons. The van der Waals surface area contributed by atoms with Crippen LogP contribution >= 0.6 is 11.6 Å². The number of carbonyl (C=O) groups is 3. The zero-order chi connectivity index (χ0) is 23.0. The number of Topliss-reactive ketones (excluding diaryl/α,β-unsaturated/α-hetero) is 1. The van der Waals surface area contributed by atoms with E-state index in [1.807, 2.05) is 6.92 Å². The second kappa shape index (κ2) is 11.1. The minimum absolute atomic E-state index is 0.0183. The van der Waals surface area contributed by atoms with E-state index in [0.29, 0.717) is 10.7 Å². The Labute approximate surface area is 183 Å². The van der Waals surface area contributed by atoms with Gasteiger partial charge in [-0.05, 0) is 43.2 Å². The first-order valence-corrected chi connectivity index (χ1v) is 9.66. The molecule has 0 heterocycles. The van der Waals surface area contributed by atoms with Gasteiger partial charge >= 0.3 is 11.7 Å². The number of nitro groups is 1. The van der Waals surface area contributed by atoms with Crippen molar-refractivity contribution in [2.75, 3.05) is 19.0 Å². The molecule has 0 spiro atoms. The maximum Gasteiger partial charge on any atom is 0.311 e. The number of aryl methyl sites for hydroxylation is 1. The summed E-state index contributed by atoms with van der Waals surface area (Å²) in [6.07, 6.45) is 0.254. The number of nitrogens with zero attached hydrogens (tertiary/aromatic N) is 1. The first-order valence-electron chi connectivity index (χ1n) is 9.28. The van der Waals surface area contributed by atoms with Crippen molar-refractivity contribution in [1.29, 1.82) is 0 Å². The molecule has 0 radical (unpaired) electrons. The van der Waals surface area contributed by atoms with E-state index in [9.17, 15) is 24.5 Å². The Bertz CT molecular complexity index is 1010. The Morgan fingerprint density at radius 3 is 2.52 bits per heavy atom. The van der Waals surface area contributed by atoms with Crippen LogP contribution in [0.5, 0.6) is 5.75 Å². The van der Waals surface area contributed by atoms with Crippen molar-refractivity contribution in [2.24, 2.45) is 0 Å². The average molecular weight is 449 g/mol. The third-order valence-corrected chi connectivity index (χ3v) is 4.71. The van der Waals surface area contributed by atoms with Crippen molar-refractivity contribution in [2.45, 2.75) is 26.2 Å². The zero-order valence-corrected chi connectivity index (χ0v) is 17.7. The fourth-order valence-corrected chi connectivity index (χ4v) is 2.78. The third kappa shape index (κ3) is 7.07. The van der Waals surface area contributed by atoms with Gasteiger partial charge in [-0.2, -0.15) is 0 Å². The molecular formula is C21H21ClN2O7. The fourth-order valence-electron chi connectivity index (χ4n) is 2.60. The molecule has 1 N–H and O–H groups in total. The Balaban J connectivity index is 1.77. The van der Waals surface area contributed by atoms with Gasteiger partial charge in [0, 0.05) is 35.2 Å². The Morgan fingerprint density at radius 2 is 1.87 bits per heavy atom. The molecule has 0 atom stereocenters. The van der Waals surface area contributed by atoms with E-state index >= 15 is 0 Å². The lowest BCUT2D eigenvalue weighted by Crippen LogP contribution is -2.15. The van der Waals surface area contributed by atoms with E-state index in [-0.39, 0.29) is 42.2 Å². The number of ether oxygens (including phenoxy) is 2. The fraction of sp³-hybridized carbons (Fsp3) is 0.286. The number of ketones is 1.